The summed E-state index contributed by atoms with van der Waals surface area (Å²) in [6.07, 6.45) is 9.42. The van der Waals surface area contributed by atoms with Crippen LogP contribution < -0.4 is 5.73 Å². The highest BCUT2D eigenvalue weighted by Crippen LogP contribution is 2.26. The van der Waals surface area contributed by atoms with Crippen molar-refractivity contribution >= 4 is 11.9 Å². The van der Waals surface area contributed by atoms with E-state index in [-0.39, 0.29) is 0 Å². The highest BCUT2D eigenvalue weighted by Gasteiger charge is 2.17. The van der Waals surface area contributed by atoms with Crippen LogP contribution in [-0.2, 0) is 0 Å². The maximum absolute atomic E-state index is 5.51. The third-order valence-corrected chi connectivity index (χ3v) is 4.10. The van der Waals surface area contributed by atoms with Crippen LogP contribution in [0, 0.1) is 5.92 Å². The number of rotatable bonds is 7. The molecule has 0 aliphatic heterocycles. The molecule has 0 spiro atoms. The molecule has 0 amide bonds. The average Bonchev–Trinajstić information content (AvgIpc) is 3.46. The van der Waals surface area contributed by atoms with Gasteiger partial charge in [0.25, 0.3) is 0 Å². The monoisotopic (exact) mass is 351 g/mol. The van der Waals surface area contributed by atoms with Gasteiger partial charge < -0.3 is 5.73 Å². The third-order valence-electron chi connectivity index (χ3n) is 4.10. The first-order valence-electron chi connectivity index (χ1n) is 9.29. The number of allylic oxidation sites excluding steroid dienone is 3. The van der Waals surface area contributed by atoms with Crippen molar-refractivity contribution in [2.75, 3.05) is 6.54 Å². The van der Waals surface area contributed by atoms with Crippen molar-refractivity contribution in [1.29, 1.82) is 0 Å². The zero-order valence-corrected chi connectivity index (χ0v) is 16.7. The number of aliphatic imine (C=N–C) groups is 2. The maximum atomic E-state index is 5.51. The molecule has 0 heterocycles. The second kappa shape index (κ2) is 12.2. The van der Waals surface area contributed by atoms with Crippen molar-refractivity contribution in [3.8, 4) is 0 Å². The molecule has 1 fully saturated rings. The summed E-state index contributed by atoms with van der Waals surface area (Å²) in [6.45, 7) is 12.5. The molecule has 26 heavy (non-hydrogen) atoms. The first kappa shape index (κ1) is 21.8. The van der Waals surface area contributed by atoms with Gasteiger partial charge in [0.1, 0.15) is 0 Å². The van der Waals surface area contributed by atoms with E-state index in [1.165, 1.54) is 18.4 Å². The first-order valence-corrected chi connectivity index (χ1v) is 9.29. The minimum Gasteiger partial charge on any atom is -0.330 e. The van der Waals surface area contributed by atoms with Crippen molar-refractivity contribution < 1.29 is 0 Å². The molecule has 3 heteroatoms. The Balaban J connectivity index is 0.000000273. The molecule has 0 radical (unpaired) electrons. The van der Waals surface area contributed by atoms with Crippen LogP contribution in [0.1, 0.15) is 52.5 Å². The van der Waals surface area contributed by atoms with Crippen LogP contribution in [0.25, 0.3) is 0 Å². The van der Waals surface area contributed by atoms with Crippen molar-refractivity contribution in [3.05, 3.63) is 71.6 Å². The zero-order valence-electron chi connectivity index (χ0n) is 16.7. The van der Waals surface area contributed by atoms with Crippen LogP contribution in [0.4, 0.5) is 0 Å². The Bertz CT molecular complexity index is 675. The molecule has 1 saturated carbocycles. The summed E-state index contributed by atoms with van der Waals surface area (Å²) >= 11 is 0. The fourth-order valence-electron chi connectivity index (χ4n) is 2.00. The fourth-order valence-corrected chi connectivity index (χ4v) is 2.00. The van der Waals surface area contributed by atoms with Crippen LogP contribution in [0.15, 0.2) is 76.0 Å². The van der Waals surface area contributed by atoms with Crippen molar-refractivity contribution in [2.24, 2.45) is 21.6 Å². The molecule has 1 aliphatic carbocycles. The zero-order chi connectivity index (χ0) is 19.4. The van der Waals surface area contributed by atoms with Gasteiger partial charge in [0, 0.05) is 30.2 Å². The Morgan fingerprint density at radius 1 is 1.19 bits per heavy atom. The molecule has 0 atom stereocenters. The third kappa shape index (κ3) is 9.28. The van der Waals surface area contributed by atoms with Gasteiger partial charge in [-0.2, -0.15) is 0 Å². The smallest absolute Gasteiger partial charge is 0.0448 e. The molecule has 140 valence electrons. The van der Waals surface area contributed by atoms with Gasteiger partial charge in [-0.15, -0.1) is 0 Å². The summed E-state index contributed by atoms with van der Waals surface area (Å²) in [7, 11) is 0. The van der Waals surface area contributed by atoms with E-state index in [1.54, 1.807) is 0 Å². The van der Waals surface area contributed by atoms with E-state index in [4.69, 9.17) is 5.73 Å². The Hall–Kier alpha value is -2.26. The predicted octanol–water partition coefficient (Wildman–Crippen LogP) is 5.70. The summed E-state index contributed by atoms with van der Waals surface area (Å²) in [4.78, 5) is 8.76. The highest BCUT2D eigenvalue weighted by molar-refractivity contribution is 5.99. The molecule has 0 aromatic heterocycles. The van der Waals surface area contributed by atoms with Crippen molar-refractivity contribution in [1.82, 2.24) is 0 Å². The number of nitrogens with zero attached hydrogens (tertiary/aromatic N) is 2. The lowest BCUT2D eigenvalue weighted by Gasteiger charge is -2.03. The van der Waals surface area contributed by atoms with Crippen LogP contribution in [0.3, 0.4) is 0 Å². The highest BCUT2D eigenvalue weighted by atomic mass is 14.8. The molecule has 3 nitrogen and oxygen atoms in total. The number of nitrogens with two attached hydrogens (primary N) is 1. The molecular weight excluding hydrogens is 318 g/mol. The molecule has 2 rings (SSSR count). The lowest BCUT2D eigenvalue weighted by molar-refractivity contribution is 0.932. The molecular formula is C23H33N3. The number of hydrogen-bond acceptors (Lipinski definition) is 3. The van der Waals surface area contributed by atoms with E-state index in [2.05, 4.69) is 28.7 Å². The van der Waals surface area contributed by atoms with Crippen LogP contribution in [0.2, 0.25) is 0 Å². The van der Waals surface area contributed by atoms with E-state index in [0.717, 1.165) is 34.9 Å². The van der Waals surface area contributed by atoms with Gasteiger partial charge in [0.2, 0.25) is 0 Å². The van der Waals surface area contributed by atoms with Gasteiger partial charge in [-0.3, -0.25) is 9.98 Å². The maximum Gasteiger partial charge on any atom is 0.0448 e. The summed E-state index contributed by atoms with van der Waals surface area (Å²) in [5.74, 6) is 0.768. The Morgan fingerprint density at radius 3 is 2.35 bits per heavy atom. The van der Waals surface area contributed by atoms with Crippen molar-refractivity contribution in [2.45, 2.75) is 47.0 Å². The minimum absolute atomic E-state index is 0.644. The Morgan fingerprint density at radius 2 is 1.85 bits per heavy atom. The van der Waals surface area contributed by atoms with Gasteiger partial charge in [0.05, 0.1) is 0 Å². The molecule has 0 bridgehead atoms. The molecule has 2 N–H and O–H groups in total. The van der Waals surface area contributed by atoms with Crippen molar-refractivity contribution in [3.63, 3.8) is 0 Å². The number of hydrogen-bond donors (Lipinski definition) is 1. The van der Waals surface area contributed by atoms with E-state index >= 15 is 0 Å². The van der Waals surface area contributed by atoms with Gasteiger partial charge >= 0.3 is 0 Å². The normalized spacial score (nSPS) is 15.7. The summed E-state index contributed by atoms with van der Waals surface area (Å²) in [5.41, 5.74) is 11.0. The lowest BCUT2D eigenvalue weighted by Crippen LogP contribution is -2.01. The topological polar surface area (TPSA) is 50.7 Å². The summed E-state index contributed by atoms with van der Waals surface area (Å²) in [5, 5.41) is 0. The molecule has 0 saturated heterocycles. The minimum atomic E-state index is 0.644. The first-order chi connectivity index (χ1) is 12.5. The Kier molecular flexibility index (Phi) is 10.2. The van der Waals surface area contributed by atoms with Gasteiger partial charge in [0.15, 0.2) is 0 Å². The van der Waals surface area contributed by atoms with Gasteiger partial charge in [-0.25, -0.2) is 0 Å². The lowest BCUT2D eigenvalue weighted by atomic mass is 10.1. The van der Waals surface area contributed by atoms with Crippen LogP contribution in [0.5, 0.6) is 0 Å². The standard InChI is InChI=1S/C13H18N2.C10H15N/c1-3-13(9-10-14)15-11(2)12-7-5-4-6-8-12;1-8(2)9(3)6-11-7-10-4-5-10/h3-8H,9-10,14H2,1-2H3;6-7,10H,1,4-5H2,2-3H3/b13-3-,15-11?;9-6+,11-7?. The number of benzene rings is 1. The van der Waals surface area contributed by atoms with Gasteiger partial charge in [-0.1, -0.05) is 48.6 Å². The van der Waals surface area contributed by atoms with E-state index < -0.39 is 0 Å². The molecule has 1 aromatic carbocycles. The molecule has 1 aromatic rings. The van der Waals surface area contributed by atoms with Crippen LogP contribution in [-0.4, -0.2) is 18.5 Å². The van der Waals surface area contributed by atoms with E-state index in [0.29, 0.717) is 6.54 Å². The molecule has 0 unspecified atom stereocenters. The quantitative estimate of drug-likeness (QED) is 0.497. The SMILES string of the molecule is C/C=C(/CCN)N=C(C)c1ccccc1.C=C(C)/C(C)=C/N=CC1CC1. The molecule has 1 aliphatic rings. The van der Waals surface area contributed by atoms with E-state index in [1.807, 2.05) is 64.4 Å². The van der Waals surface area contributed by atoms with Crippen LogP contribution >= 0.6 is 0 Å². The largest absolute Gasteiger partial charge is 0.330 e. The summed E-state index contributed by atoms with van der Waals surface area (Å²) in [6, 6.07) is 10.2. The Labute approximate surface area is 159 Å². The predicted molar refractivity (Wildman–Crippen MR) is 116 cm³/mol. The average molecular weight is 352 g/mol. The second-order valence-corrected chi connectivity index (χ2v) is 6.61. The second-order valence-electron chi connectivity index (χ2n) is 6.61. The van der Waals surface area contributed by atoms with E-state index in [9.17, 15) is 0 Å². The summed E-state index contributed by atoms with van der Waals surface area (Å²) < 4.78 is 0. The van der Waals surface area contributed by atoms with Gasteiger partial charge in [-0.05, 0) is 64.1 Å². The fraction of sp³-hybridized carbons (Fsp3) is 0.391.